The highest BCUT2D eigenvalue weighted by molar-refractivity contribution is 6.30. The molecule has 6 heteroatoms. The molecule has 1 aliphatic heterocycles. The van der Waals surface area contributed by atoms with E-state index in [0.29, 0.717) is 0 Å². The summed E-state index contributed by atoms with van der Waals surface area (Å²) in [6, 6.07) is 9.75. The van der Waals surface area contributed by atoms with Crippen molar-refractivity contribution in [3.63, 3.8) is 0 Å². The third kappa shape index (κ3) is 4.47. The monoisotopic (exact) mass is 399 g/mol. The smallest absolute Gasteiger partial charge is 0.261 e. The minimum absolute atomic E-state index is 0.0592. The van der Waals surface area contributed by atoms with E-state index in [4.69, 9.17) is 11.6 Å². The number of hydrogen-bond donors (Lipinski definition) is 2. The van der Waals surface area contributed by atoms with Gasteiger partial charge >= 0.3 is 0 Å². The molecular formula is C22H26ClN3O2. The van der Waals surface area contributed by atoms with Gasteiger partial charge in [-0.2, -0.15) is 0 Å². The van der Waals surface area contributed by atoms with Crippen LogP contribution in [0, 0.1) is 0 Å². The molecule has 1 amide bonds. The SMILES string of the molecule is O=C(N[C@@H]1CCCN(Cc2ccc(Cl)cc2)C1)c1cc2c([nH]c1=O)CCCC2. The highest BCUT2D eigenvalue weighted by Gasteiger charge is 2.24. The molecule has 1 fully saturated rings. The largest absolute Gasteiger partial charge is 0.348 e. The van der Waals surface area contributed by atoms with Crippen LogP contribution in [0.3, 0.4) is 0 Å². The summed E-state index contributed by atoms with van der Waals surface area (Å²) in [6.07, 6.45) is 6.01. The summed E-state index contributed by atoms with van der Waals surface area (Å²) in [6.45, 7) is 2.63. The number of piperidine rings is 1. The number of aromatic nitrogens is 1. The number of nitrogens with zero attached hydrogens (tertiary/aromatic N) is 1. The van der Waals surface area contributed by atoms with Gasteiger partial charge in [-0.15, -0.1) is 0 Å². The van der Waals surface area contributed by atoms with Crippen molar-refractivity contribution in [1.29, 1.82) is 0 Å². The Morgan fingerprint density at radius 1 is 1.18 bits per heavy atom. The van der Waals surface area contributed by atoms with Crippen LogP contribution >= 0.6 is 11.6 Å². The van der Waals surface area contributed by atoms with Gasteiger partial charge in [-0.05, 0) is 74.4 Å². The van der Waals surface area contributed by atoms with Crippen molar-refractivity contribution in [3.8, 4) is 0 Å². The molecule has 0 unspecified atom stereocenters. The standard InChI is InChI=1S/C22H26ClN3O2/c23-17-9-7-15(8-10-17)13-26-11-3-5-18(14-26)24-21(27)19-12-16-4-1-2-6-20(16)25-22(19)28/h7-10,12,18H,1-6,11,13-14H2,(H,24,27)(H,25,28)/t18-/m1/s1. The van der Waals surface area contributed by atoms with E-state index in [0.717, 1.165) is 74.4 Å². The van der Waals surface area contributed by atoms with Gasteiger partial charge in [0.15, 0.2) is 0 Å². The van der Waals surface area contributed by atoms with Gasteiger partial charge in [0.2, 0.25) is 0 Å². The zero-order valence-corrected chi connectivity index (χ0v) is 16.7. The molecular weight excluding hydrogens is 374 g/mol. The van der Waals surface area contributed by atoms with E-state index in [1.165, 1.54) is 5.56 Å². The van der Waals surface area contributed by atoms with E-state index < -0.39 is 0 Å². The molecule has 28 heavy (non-hydrogen) atoms. The number of fused-ring (bicyclic) bond motifs is 1. The molecule has 1 atom stereocenters. The molecule has 1 aromatic carbocycles. The summed E-state index contributed by atoms with van der Waals surface area (Å²) in [5, 5.41) is 3.82. The van der Waals surface area contributed by atoms with E-state index in [1.807, 2.05) is 24.3 Å². The Labute approximate surface area is 170 Å². The van der Waals surface area contributed by atoms with Crippen LogP contribution in [0.4, 0.5) is 0 Å². The first-order chi connectivity index (χ1) is 13.6. The maximum Gasteiger partial charge on any atom is 0.261 e. The van der Waals surface area contributed by atoms with Crippen molar-refractivity contribution in [2.24, 2.45) is 0 Å². The number of amides is 1. The molecule has 2 heterocycles. The molecule has 0 radical (unpaired) electrons. The van der Waals surface area contributed by atoms with E-state index in [1.54, 1.807) is 6.07 Å². The summed E-state index contributed by atoms with van der Waals surface area (Å²) < 4.78 is 0. The van der Waals surface area contributed by atoms with E-state index in [9.17, 15) is 9.59 Å². The first kappa shape index (κ1) is 19.2. The molecule has 0 bridgehead atoms. The lowest BCUT2D eigenvalue weighted by Crippen LogP contribution is -2.48. The highest BCUT2D eigenvalue weighted by atomic mass is 35.5. The summed E-state index contributed by atoms with van der Waals surface area (Å²) in [5.74, 6) is -0.257. The van der Waals surface area contributed by atoms with Crippen LogP contribution in [-0.2, 0) is 19.4 Å². The number of nitrogens with one attached hydrogen (secondary N) is 2. The second-order valence-electron chi connectivity index (χ2n) is 7.90. The number of aryl methyl sites for hydroxylation is 2. The number of carbonyl (C=O) groups is 1. The number of pyridine rings is 1. The van der Waals surface area contributed by atoms with Crippen molar-refractivity contribution in [2.75, 3.05) is 13.1 Å². The van der Waals surface area contributed by atoms with Crippen LogP contribution in [0.1, 0.15) is 52.9 Å². The number of halogens is 1. The van der Waals surface area contributed by atoms with Gasteiger partial charge in [-0.1, -0.05) is 23.7 Å². The third-order valence-corrected chi connectivity index (χ3v) is 5.99. The van der Waals surface area contributed by atoms with Gasteiger partial charge in [0.25, 0.3) is 11.5 Å². The first-order valence-electron chi connectivity index (χ1n) is 10.1. The Balaban J connectivity index is 1.40. The van der Waals surface area contributed by atoms with Crippen molar-refractivity contribution in [3.05, 3.63) is 68.1 Å². The van der Waals surface area contributed by atoms with Crippen molar-refractivity contribution in [2.45, 2.75) is 51.1 Å². The summed E-state index contributed by atoms with van der Waals surface area (Å²) in [5.41, 5.74) is 3.30. The number of H-pyrrole nitrogens is 1. The number of hydrogen-bond acceptors (Lipinski definition) is 3. The molecule has 1 aromatic heterocycles. The Bertz CT molecular complexity index is 907. The summed E-state index contributed by atoms with van der Waals surface area (Å²) >= 11 is 5.96. The van der Waals surface area contributed by atoms with E-state index >= 15 is 0 Å². The fourth-order valence-electron chi connectivity index (χ4n) is 4.27. The predicted octanol–water partition coefficient (Wildman–Crippen LogP) is 3.30. The predicted molar refractivity (Wildman–Crippen MR) is 111 cm³/mol. The highest BCUT2D eigenvalue weighted by Crippen LogP contribution is 2.19. The number of aromatic amines is 1. The van der Waals surface area contributed by atoms with Crippen LogP contribution in [0.2, 0.25) is 5.02 Å². The van der Waals surface area contributed by atoms with E-state index in [-0.39, 0.29) is 23.1 Å². The Morgan fingerprint density at radius 2 is 1.96 bits per heavy atom. The Morgan fingerprint density at radius 3 is 2.79 bits per heavy atom. The molecule has 1 saturated heterocycles. The molecule has 148 valence electrons. The molecule has 2 N–H and O–H groups in total. The normalized spacial score (nSPS) is 19.8. The molecule has 0 saturated carbocycles. The molecule has 4 rings (SSSR count). The average molecular weight is 400 g/mol. The minimum Gasteiger partial charge on any atom is -0.348 e. The van der Waals surface area contributed by atoms with E-state index in [2.05, 4.69) is 15.2 Å². The summed E-state index contributed by atoms with van der Waals surface area (Å²) in [7, 11) is 0. The van der Waals surface area contributed by atoms with Gasteiger partial charge in [-0.3, -0.25) is 14.5 Å². The van der Waals surface area contributed by atoms with Crippen molar-refractivity contribution < 1.29 is 4.79 Å². The quantitative estimate of drug-likeness (QED) is 0.829. The summed E-state index contributed by atoms with van der Waals surface area (Å²) in [4.78, 5) is 30.4. The molecule has 2 aliphatic rings. The number of likely N-dealkylation sites (tertiary alicyclic amines) is 1. The molecule has 2 aromatic rings. The fraction of sp³-hybridized carbons (Fsp3) is 0.455. The lowest BCUT2D eigenvalue weighted by atomic mass is 9.95. The van der Waals surface area contributed by atoms with Crippen LogP contribution in [-0.4, -0.2) is 34.9 Å². The van der Waals surface area contributed by atoms with Gasteiger partial charge in [0.05, 0.1) is 0 Å². The van der Waals surface area contributed by atoms with Crippen molar-refractivity contribution in [1.82, 2.24) is 15.2 Å². The zero-order valence-electron chi connectivity index (χ0n) is 16.0. The van der Waals surface area contributed by atoms with Gasteiger partial charge in [0, 0.05) is 29.8 Å². The lowest BCUT2D eigenvalue weighted by Gasteiger charge is -2.33. The van der Waals surface area contributed by atoms with Crippen molar-refractivity contribution >= 4 is 17.5 Å². The number of carbonyl (C=O) groups excluding carboxylic acids is 1. The van der Waals surface area contributed by atoms with Crippen LogP contribution < -0.4 is 10.9 Å². The topological polar surface area (TPSA) is 65.2 Å². The molecule has 0 spiro atoms. The Hall–Kier alpha value is -2.11. The lowest BCUT2D eigenvalue weighted by molar-refractivity contribution is 0.0899. The van der Waals surface area contributed by atoms with Crippen LogP contribution in [0.25, 0.3) is 0 Å². The maximum atomic E-state index is 12.8. The Kier molecular flexibility index (Phi) is 5.83. The first-order valence-corrected chi connectivity index (χ1v) is 10.5. The molecule has 1 aliphatic carbocycles. The second kappa shape index (κ2) is 8.50. The van der Waals surface area contributed by atoms with Crippen LogP contribution in [0.5, 0.6) is 0 Å². The maximum absolute atomic E-state index is 12.8. The van der Waals surface area contributed by atoms with Gasteiger partial charge in [-0.25, -0.2) is 0 Å². The number of rotatable bonds is 4. The third-order valence-electron chi connectivity index (χ3n) is 5.74. The van der Waals surface area contributed by atoms with Gasteiger partial charge < -0.3 is 10.3 Å². The second-order valence-corrected chi connectivity index (χ2v) is 8.33. The number of benzene rings is 1. The zero-order chi connectivity index (χ0) is 19.5. The average Bonchev–Trinajstić information content (AvgIpc) is 2.69. The van der Waals surface area contributed by atoms with Crippen LogP contribution in [0.15, 0.2) is 35.1 Å². The molecule has 5 nitrogen and oxygen atoms in total. The van der Waals surface area contributed by atoms with Gasteiger partial charge in [0.1, 0.15) is 5.56 Å². The minimum atomic E-state index is -0.271. The fourth-order valence-corrected chi connectivity index (χ4v) is 4.40.